The van der Waals surface area contributed by atoms with Crippen LogP contribution in [0.2, 0.25) is 0 Å². The van der Waals surface area contributed by atoms with Crippen LogP contribution < -0.4 is 5.73 Å². The molecule has 18 heavy (non-hydrogen) atoms. The molecule has 0 saturated carbocycles. The third-order valence-electron chi connectivity index (χ3n) is 3.81. The van der Waals surface area contributed by atoms with Gasteiger partial charge >= 0.3 is 0 Å². The summed E-state index contributed by atoms with van der Waals surface area (Å²) in [5.74, 6) is -0.209. The highest BCUT2D eigenvalue weighted by Gasteiger charge is 2.38. The van der Waals surface area contributed by atoms with E-state index in [2.05, 4.69) is 4.90 Å². The molecule has 0 aromatic rings. The van der Waals surface area contributed by atoms with Gasteiger partial charge < -0.3 is 5.73 Å². The van der Waals surface area contributed by atoms with Gasteiger partial charge in [0, 0.05) is 25.2 Å². The first-order valence-electron chi connectivity index (χ1n) is 6.42. The zero-order valence-electron chi connectivity index (χ0n) is 10.7. The Kier molecular flexibility index (Phi) is 4.25. The highest BCUT2D eigenvalue weighted by Crippen LogP contribution is 2.25. The molecule has 0 aromatic carbocycles. The lowest BCUT2D eigenvalue weighted by Gasteiger charge is -2.46. The van der Waals surface area contributed by atoms with Gasteiger partial charge in [0.15, 0.2) is 0 Å². The first-order valence-corrected chi connectivity index (χ1v) is 8.44. The number of piperazine rings is 1. The standard InChI is InChI=1S/C11H21N3O2S2/c1-9-6-13-5-3-2-4-10(13)7-14(9)18(15,16)8-11(12)17/h9-10H,2-8H2,1H3,(H2,12,17). The van der Waals surface area contributed by atoms with Crippen molar-refractivity contribution in [2.24, 2.45) is 5.73 Å². The van der Waals surface area contributed by atoms with Gasteiger partial charge in [-0.25, -0.2) is 8.42 Å². The Bertz CT molecular complexity index is 424. The third-order valence-corrected chi connectivity index (χ3v) is 6.04. The van der Waals surface area contributed by atoms with Gasteiger partial charge in [-0.15, -0.1) is 0 Å². The molecule has 2 atom stereocenters. The number of thiocarbonyl (C=S) groups is 1. The van der Waals surface area contributed by atoms with Crippen molar-refractivity contribution in [1.82, 2.24) is 9.21 Å². The Morgan fingerprint density at radius 3 is 2.78 bits per heavy atom. The van der Waals surface area contributed by atoms with Crippen LogP contribution in [0, 0.1) is 0 Å². The summed E-state index contributed by atoms with van der Waals surface area (Å²) in [7, 11) is -3.34. The van der Waals surface area contributed by atoms with Crippen molar-refractivity contribution in [3.8, 4) is 0 Å². The van der Waals surface area contributed by atoms with Crippen molar-refractivity contribution in [3.63, 3.8) is 0 Å². The van der Waals surface area contributed by atoms with Crippen LogP contribution >= 0.6 is 12.2 Å². The normalized spacial score (nSPS) is 30.9. The first kappa shape index (κ1) is 14.2. The number of piperidine rings is 1. The lowest BCUT2D eigenvalue weighted by Crippen LogP contribution is -2.60. The van der Waals surface area contributed by atoms with E-state index in [4.69, 9.17) is 18.0 Å². The Labute approximate surface area is 114 Å². The summed E-state index contributed by atoms with van der Waals surface area (Å²) in [5.41, 5.74) is 5.38. The van der Waals surface area contributed by atoms with Gasteiger partial charge in [-0.2, -0.15) is 4.31 Å². The smallest absolute Gasteiger partial charge is 0.220 e. The molecule has 2 heterocycles. The van der Waals surface area contributed by atoms with Crippen molar-refractivity contribution in [3.05, 3.63) is 0 Å². The molecule has 0 aliphatic carbocycles. The molecule has 0 aromatic heterocycles. The fourth-order valence-corrected chi connectivity index (χ4v) is 4.96. The second-order valence-corrected chi connectivity index (χ2v) is 7.73. The summed E-state index contributed by atoms with van der Waals surface area (Å²) in [6, 6.07) is 0.384. The minimum absolute atomic E-state index is 0.0127. The Balaban J connectivity index is 2.11. The maximum Gasteiger partial charge on any atom is 0.220 e. The quantitative estimate of drug-likeness (QED) is 0.750. The average Bonchev–Trinajstić information content (AvgIpc) is 2.26. The zero-order chi connectivity index (χ0) is 13.3. The molecule has 0 radical (unpaired) electrons. The fourth-order valence-electron chi connectivity index (χ4n) is 2.98. The Hall–Kier alpha value is -0.240. The predicted molar refractivity (Wildman–Crippen MR) is 76.0 cm³/mol. The van der Waals surface area contributed by atoms with Crippen LogP contribution in [-0.2, 0) is 10.0 Å². The average molecular weight is 291 g/mol. The van der Waals surface area contributed by atoms with Crippen LogP contribution in [-0.4, -0.2) is 60.1 Å². The predicted octanol–water partition coefficient (Wildman–Crippen LogP) is 0.161. The molecule has 2 aliphatic heterocycles. The third kappa shape index (κ3) is 3.01. The number of hydrogen-bond acceptors (Lipinski definition) is 4. The van der Waals surface area contributed by atoms with Gasteiger partial charge in [0.2, 0.25) is 10.0 Å². The molecule has 0 spiro atoms. The van der Waals surface area contributed by atoms with E-state index in [1.54, 1.807) is 4.31 Å². The molecule has 104 valence electrons. The van der Waals surface area contributed by atoms with Crippen molar-refractivity contribution in [2.45, 2.75) is 38.3 Å². The summed E-state index contributed by atoms with van der Waals surface area (Å²) in [6.45, 7) is 4.47. The number of nitrogens with zero attached hydrogens (tertiary/aromatic N) is 2. The summed E-state index contributed by atoms with van der Waals surface area (Å²) >= 11 is 4.73. The van der Waals surface area contributed by atoms with E-state index in [1.807, 2.05) is 6.92 Å². The number of hydrogen-bond donors (Lipinski definition) is 1. The van der Waals surface area contributed by atoms with Crippen molar-refractivity contribution in [2.75, 3.05) is 25.4 Å². The van der Waals surface area contributed by atoms with Crippen LogP contribution in [0.1, 0.15) is 26.2 Å². The summed E-state index contributed by atoms with van der Waals surface area (Å²) in [5, 5.41) is 0. The molecule has 2 fully saturated rings. The topological polar surface area (TPSA) is 66.6 Å². The van der Waals surface area contributed by atoms with Gasteiger partial charge in [-0.05, 0) is 26.3 Å². The maximum absolute atomic E-state index is 12.2. The summed E-state index contributed by atoms with van der Waals surface area (Å²) in [4.78, 5) is 2.47. The van der Waals surface area contributed by atoms with Crippen LogP contribution in [0.3, 0.4) is 0 Å². The monoisotopic (exact) mass is 291 g/mol. The molecule has 2 aliphatic rings. The first-order chi connectivity index (χ1) is 8.40. The number of rotatable bonds is 3. The number of sulfonamides is 1. The van der Waals surface area contributed by atoms with Gasteiger partial charge in [-0.3, -0.25) is 4.90 Å². The SMILES string of the molecule is CC1CN2CCCCC2CN1S(=O)(=O)CC(N)=S. The van der Waals surface area contributed by atoms with E-state index in [-0.39, 0.29) is 16.8 Å². The van der Waals surface area contributed by atoms with E-state index >= 15 is 0 Å². The van der Waals surface area contributed by atoms with Gasteiger partial charge in [-0.1, -0.05) is 18.6 Å². The molecule has 0 bridgehead atoms. The molecule has 5 nitrogen and oxygen atoms in total. The minimum atomic E-state index is -3.34. The van der Waals surface area contributed by atoms with E-state index in [9.17, 15) is 8.42 Å². The minimum Gasteiger partial charge on any atom is -0.392 e. The second-order valence-electron chi connectivity index (χ2n) is 5.29. The van der Waals surface area contributed by atoms with Crippen molar-refractivity contribution >= 4 is 27.2 Å². The summed E-state index contributed by atoms with van der Waals surface area (Å²) < 4.78 is 26.0. The van der Waals surface area contributed by atoms with Gasteiger partial charge in [0.25, 0.3) is 0 Å². The molecular weight excluding hydrogens is 270 g/mol. The number of nitrogens with two attached hydrogens (primary N) is 1. The van der Waals surface area contributed by atoms with Crippen LogP contribution in [0.15, 0.2) is 0 Å². The van der Waals surface area contributed by atoms with Crippen LogP contribution in [0.25, 0.3) is 0 Å². The Morgan fingerprint density at radius 1 is 1.39 bits per heavy atom. The van der Waals surface area contributed by atoms with E-state index < -0.39 is 10.0 Å². The number of fused-ring (bicyclic) bond motifs is 1. The van der Waals surface area contributed by atoms with Crippen LogP contribution in [0.5, 0.6) is 0 Å². The van der Waals surface area contributed by atoms with E-state index in [1.165, 1.54) is 12.8 Å². The molecule has 2 unspecified atom stereocenters. The van der Waals surface area contributed by atoms with Gasteiger partial charge in [0.05, 0.1) is 4.99 Å². The highest BCUT2D eigenvalue weighted by molar-refractivity contribution is 7.92. The summed E-state index contributed by atoms with van der Waals surface area (Å²) in [6.07, 6.45) is 3.51. The van der Waals surface area contributed by atoms with E-state index in [0.717, 1.165) is 19.5 Å². The molecule has 2 saturated heterocycles. The molecule has 0 amide bonds. The largest absolute Gasteiger partial charge is 0.392 e. The molecule has 7 heteroatoms. The molecule has 2 N–H and O–H groups in total. The highest BCUT2D eigenvalue weighted by atomic mass is 32.2. The molecule has 2 rings (SSSR count). The lowest BCUT2D eigenvalue weighted by atomic mass is 9.99. The fraction of sp³-hybridized carbons (Fsp3) is 0.909. The van der Waals surface area contributed by atoms with Crippen LogP contribution in [0.4, 0.5) is 0 Å². The van der Waals surface area contributed by atoms with Crippen molar-refractivity contribution in [1.29, 1.82) is 0 Å². The Morgan fingerprint density at radius 2 is 2.11 bits per heavy atom. The van der Waals surface area contributed by atoms with E-state index in [0.29, 0.717) is 12.6 Å². The van der Waals surface area contributed by atoms with Crippen molar-refractivity contribution < 1.29 is 8.42 Å². The second kappa shape index (κ2) is 5.40. The van der Waals surface area contributed by atoms with Gasteiger partial charge in [0.1, 0.15) is 5.75 Å². The zero-order valence-corrected chi connectivity index (χ0v) is 12.3. The maximum atomic E-state index is 12.2. The lowest BCUT2D eigenvalue weighted by molar-refractivity contribution is 0.0566. The molecular formula is C11H21N3O2S2.